The van der Waals surface area contributed by atoms with Gasteiger partial charge in [0.1, 0.15) is 0 Å². The highest BCUT2D eigenvalue weighted by Crippen LogP contribution is 2.00. The highest BCUT2D eigenvalue weighted by molar-refractivity contribution is 7.91. The Bertz CT molecular complexity index is 452. The molecular formula is C12H17NO3S. The molecule has 0 aromatic heterocycles. The molecule has 0 saturated heterocycles. The molecule has 0 amide bonds. The van der Waals surface area contributed by atoms with Crippen LogP contribution in [-0.2, 0) is 9.84 Å². The van der Waals surface area contributed by atoms with Gasteiger partial charge < -0.3 is 5.11 Å². The lowest BCUT2D eigenvalue weighted by Crippen LogP contribution is -2.20. The van der Waals surface area contributed by atoms with Crippen LogP contribution in [0.5, 0.6) is 0 Å². The van der Waals surface area contributed by atoms with Crippen LogP contribution in [0.2, 0.25) is 0 Å². The van der Waals surface area contributed by atoms with Crippen LogP contribution in [0, 0.1) is 0 Å². The van der Waals surface area contributed by atoms with E-state index in [-0.39, 0.29) is 5.75 Å². The second-order valence-corrected chi connectivity index (χ2v) is 6.18. The van der Waals surface area contributed by atoms with Gasteiger partial charge in [0.2, 0.25) is 0 Å². The highest BCUT2D eigenvalue weighted by Gasteiger charge is 2.16. The second kappa shape index (κ2) is 6.51. The van der Waals surface area contributed by atoms with Crippen molar-refractivity contribution in [2.24, 2.45) is 4.99 Å². The number of nitrogens with zero attached hydrogens (tertiary/aromatic N) is 1. The van der Waals surface area contributed by atoms with E-state index < -0.39 is 15.3 Å². The monoisotopic (exact) mass is 255 g/mol. The van der Waals surface area contributed by atoms with E-state index in [1.54, 1.807) is 6.21 Å². The van der Waals surface area contributed by atoms with Crippen LogP contribution < -0.4 is 0 Å². The summed E-state index contributed by atoms with van der Waals surface area (Å²) in [5.74, 6) is -0.0310. The number of aliphatic imine (C=N–C) groups is 1. The van der Waals surface area contributed by atoms with Gasteiger partial charge in [-0.05, 0) is 18.9 Å². The molecule has 1 N–H and O–H groups in total. The van der Waals surface area contributed by atoms with Crippen LogP contribution in [0.25, 0.3) is 0 Å². The van der Waals surface area contributed by atoms with E-state index in [0.29, 0.717) is 13.0 Å². The summed E-state index contributed by atoms with van der Waals surface area (Å²) in [5.41, 5.74) is -0.300. The Morgan fingerprint density at radius 1 is 1.35 bits per heavy atom. The zero-order valence-electron chi connectivity index (χ0n) is 9.78. The number of benzene rings is 1. The van der Waals surface area contributed by atoms with Gasteiger partial charge in [-0.25, -0.2) is 8.42 Å². The summed E-state index contributed by atoms with van der Waals surface area (Å²) in [4.78, 5) is 4.13. The van der Waals surface area contributed by atoms with Gasteiger partial charge in [-0.1, -0.05) is 30.3 Å². The van der Waals surface area contributed by atoms with Crippen LogP contribution in [-0.4, -0.2) is 37.5 Å². The number of aliphatic hydroxyl groups excluding tert-OH is 1. The molecule has 0 aliphatic rings. The third-order valence-corrected chi connectivity index (χ3v) is 4.17. The summed E-state index contributed by atoms with van der Waals surface area (Å²) >= 11 is 0. The first-order chi connectivity index (χ1) is 8.02. The SMILES string of the molecule is CC(O)S(=O)(=O)CCCN=Cc1ccccc1. The molecule has 0 radical (unpaired) electrons. The van der Waals surface area contributed by atoms with E-state index in [0.717, 1.165) is 5.56 Å². The minimum atomic E-state index is -3.36. The number of sulfone groups is 1. The Morgan fingerprint density at radius 3 is 2.59 bits per heavy atom. The Balaban J connectivity index is 2.32. The fraction of sp³-hybridized carbons (Fsp3) is 0.417. The lowest BCUT2D eigenvalue weighted by molar-refractivity contribution is 0.268. The van der Waals surface area contributed by atoms with Crippen molar-refractivity contribution in [1.82, 2.24) is 0 Å². The molecule has 0 fully saturated rings. The van der Waals surface area contributed by atoms with Crippen LogP contribution in [0.15, 0.2) is 35.3 Å². The largest absolute Gasteiger partial charge is 0.377 e. The van der Waals surface area contributed by atoms with Gasteiger partial charge in [-0.3, -0.25) is 4.99 Å². The van der Waals surface area contributed by atoms with E-state index in [1.165, 1.54) is 6.92 Å². The lowest BCUT2D eigenvalue weighted by Gasteiger charge is -2.04. The summed E-state index contributed by atoms with van der Waals surface area (Å²) < 4.78 is 22.5. The Labute approximate surface area is 102 Å². The van der Waals surface area contributed by atoms with E-state index in [9.17, 15) is 8.42 Å². The first-order valence-electron chi connectivity index (χ1n) is 5.47. The molecule has 1 aromatic carbocycles. The predicted octanol–water partition coefficient (Wildman–Crippen LogP) is 1.25. The minimum absolute atomic E-state index is 0.0310. The molecule has 0 saturated carbocycles. The molecule has 0 heterocycles. The van der Waals surface area contributed by atoms with Crippen molar-refractivity contribution in [3.8, 4) is 0 Å². The quantitative estimate of drug-likeness (QED) is 0.614. The van der Waals surface area contributed by atoms with Crippen molar-refractivity contribution in [3.63, 3.8) is 0 Å². The van der Waals surface area contributed by atoms with E-state index >= 15 is 0 Å². The zero-order valence-corrected chi connectivity index (χ0v) is 10.6. The maximum Gasteiger partial charge on any atom is 0.176 e. The van der Waals surface area contributed by atoms with Crippen LogP contribution in [0.4, 0.5) is 0 Å². The van der Waals surface area contributed by atoms with Gasteiger partial charge in [0.15, 0.2) is 15.3 Å². The van der Waals surface area contributed by atoms with Crippen LogP contribution >= 0.6 is 0 Å². The summed E-state index contributed by atoms with van der Waals surface area (Å²) in [7, 11) is -3.36. The number of hydrogen-bond acceptors (Lipinski definition) is 4. The number of rotatable bonds is 6. The van der Waals surface area contributed by atoms with Gasteiger partial charge in [0, 0.05) is 12.8 Å². The van der Waals surface area contributed by atoms with Crippen LogP contribution in [0.3, 0.4) is 0 Å². The molecule has 1 aromatic rings. The molecule has 4 nitrogen and oxygen atoms in total. The van der Waals surface area contributed by atoms with Gasteiger partial charge in [0.05, 0.1) is 5.75 Å². The molecule has 0 bridgehead atoms. The van der Waals surface area contributed by atoms with E-state index in [4.69, 9.17) is 5.11 Å². The van der Waals surface area contributed by atoms with Gasteiger partial charge in [-0.15, -0.1) is 0 Å². The maximum atomic E-state index is 11.3. The van der Waals surface area contributed by atoms with Crippen molar-refractivity contribution in [1.29, 1.82) is 0 Å². The second-order valence-electron chi connectivity index (χ2n) is 3.77. The van der Waals surface area contributed by atoms with Gasteiger partial charge >= 0.3 is 0 Å². The molecule has 5 heteroatoms. The fourth-order valence-electron chi connectivity index (χ4n) is 1.24. The first kappa shape index (κ1) is 13.9. The molecule has 94 valence electrons. The normalized spacial score (nSPS) is 14.0. The van der Waals surface area contributed by atoms with Gasteiger partial charge in [-0.2, -0.15) is 0 Å². The average molecular weight is 255 g/mol. The number of aliphatic hydroxyl groups is 1. The van der Waals surface area contributed by atoms with Crippen LogP contribution in [0.1, 0.15) is 18.9 Å². The summed E-state index contributed by atoms with van der Waals surface area (Å²) in [6.45, 7) is 1.71. The molecule has 0 aliphatic carbocycles. The van der Waals surface area contributed by atoms with Crippen molar-refractivity contribution < 1.29 is 13.5 Å². The molecule has 0 aliphatic heterocycles. The zero-order chi connectivity index (χ0) is 12.7. The summed E-state index contributed by atoms with van der Waals surface area (Å²) in [5, 5.41) is 8.99. The molecule has 1 rings (SSSR count). The summed E-state index contributed by atoms with van der Waals surface area (Å²) in [6, 6.07) is 9.61. The average Bonchev–Trinajstić information content (AvgIpc) is 2.29. The Hall–Kier alpha value is -1.20. The topological polar surface area (TPSA) is 66.7 Å². The van der Waals surface area contributed by atoms with Crippen molar-refractivity contribution in [2.45, 2.75) is 18.8 Å². The van der Waals surface area contributed by atoms with Gasteiger partial charge in [0.25, 0.3) is 0 Å². The van der Waals surface area contributed by atoms with Crippen molar-refractivity contribution >= 4 is 16.1 Å². The molecule has 1 unspecified atom stereocenters. The van der Waals surface area contributed by atoms with E-state index in [2.05, 4.69) is 4.99 Å². The highest BCUT2D eigenvalue weighted by atomic mass is 32.2. The molecular weight excluding hydrogens is 238 g/mol. The Morgan fingerprint density at radius 2 is 2.00 bits per heavy atom. The third kappa shape index (κ3) is 5.10. The fourth-order valence-corrected chi connectivity index (χ4v) is 2.11. The number of hydrogen-bond donors (Lipinski definition) is 1. The third-order valence-electron chi connectivity index (χ3n) is 2.28. The van der Waals surface area contributed by atoms with E-state index in [1.807, 2.05) is 30.3 Å². The molecule has 1 atom stereocenters. The Kier molecular flexibility index (Phi) is 5.31. The van der Waals surface area contributed by atoms with Crippen molar-refractivity contribution in [2.75, 3.05) is 12.3 Å². The van der Waals surface area contributed by atoms with Crippen molar-refractivity contribution in [3.05, 3.63) is 35.9 Å². The molecule has 0 spiro atoms. The standard InChI is InChI=1S/C12H17NO3S/c1-11(14)17(15,16)9-5-8-13-10-12-6-3-2-4-7-12/h2-4,6-7,10-11,14H,5,8-9H2,1H3. The predicted molar refractivity (Wildman–Crippen MR) is 69.0 cm³/mol. The summed E-state index contributed by atoms with van der Waals surface area (Å²) in [6.07, 6.45) is 2.14. The lowest BCUT2D eigenvalue weighted by atomic mass is 10.2. The maximum absolute atomic E-state index is 11.3. The first-order valence-corrected chi connectivity index (χ1v) is 7.18. The minimum Gasteiger partial charge on any atom is -0.377 e. The molecule has 17 heavy (non-hydrogen) atoms. The smallest absolute Gasteiger partial charge is 0.176 e.